The predicted molar refractivity (Wildman–Crippen MR) is 128 cm³/mol. The standard InChI is InChI=1S/C26H26N2O2S/c1-4-30-15-14-28-23-16-18(2)19(3)17-24(23)31-26(28)27-25(29)22-12-10-21(11-13-22)20-8-6-5-7-9-20/h5-13,16-17H,4,14-15H2,1-3H3. The van der Waals surface area contributed by atoms with Crippen molar-refractivity contribution in [3.63, 3.8) is 0 Å². The third-order valence-corrected chi connectivity index (χ3v) is 6.44. The summed E-state index contributed by atoms with van der Waals surface area (Å²) in [5, 5.41) is 0. The Labute approximate surface area is 186 Å². The zero-order valence-electron chi connectivity index (χ0n) is 18.1. The van der Waals surface area contributed by atoms with Gasteiger partial charge in [-0.3, -0.25) is 4.79 Å². The number of rotatable bonds is 6. The highest BCUT2D eigenvalue weighted by atomic mass is 32.1. The van der Waals surface area contributed by atoms with E-state index in [4.69, 9.17) is 4.74 Å². The van der Waals surface area contributed by atoms with Gasteiger partial charge in [0, 0.05) is 18.7 Å². The first-order valence-electron chi connectivity index (χ1n) is 10.5. The van der Waals surface area contributed by atoms with E-state index in [1.807, 2.05) is 49.4 Å². The molecule has 0 atom stereocenters. The van der Waals surface area contributed by atoms with E-state index in [1.165, 1.54) is 11.1 Å². The van der Waals surface area contributed by atoms with Crippen LogP contribution in [0, 0.1) is 13.8 Å². The second-order valence-electron chi connectivity index (χ2n) is 7.50. The van der Waals surface area contributed by atoms with Crippen molar-refractivity contribution in [2.45, 2.75) is 27.3 Å². The number of amides is 1. The van der Waals surface area contributed by atoms with Gasteiger partial charge < -0.3 is 9.30 Å². The molecule has 0 saturated heterocycles. The molecule has 4 aromatic rings. The minimum Gasteiger partial charge on any atom is -0.380 e. The molecule has 0 bridgehead atoms. The van der Waals surface area contributed by atoms with Gasteiger partial charge in [0.25, 0.3) is 5.91 Å². The molecule has 0 unspecified atom stereocenters. The molecule has 0 aliphatic heterocycles. The third-order valence-electron chi connectivity index (χ3n) is 5.40. The Balaban J connectivity index is 1.70. The first kappa shape index (κ1) is 21.2. The molecule has 0 aliphatic rings. The number of nitrogens with zero attached hydrogens (tertiary/aromatic N) is 2. The molecule has 1 aromatic heterocycles. The zero-order chi connectivity index (χ0) is 21.8. The minimum atomic E-state index is -0.232. The summed E-state index contributed by atoms with van der Waals surface area (Å²) < 4.78 is 8.79. The molecule has 31 heavy (non-hydrogen) atoms. The highest BCUT2D eigenvalue weighted by molar-refractivity contribution is 7.16. The van der Waals surface area contributed by atoms with Crippen molar-refractivity contribution in [1.82, 2.24) is 4.57 Å². The molecule has 0 fully saturated rings. The summed E-state index contributed by atoms with van der Waals surface area (Å²) in [5.41, 5.74) is 6.35. The van der Waals surface area contributed by atoms with Crippen molar-refractivity contribution in [3.8, 4) is 11.1 Å². The maximum Gasteiger partial charge on any atom is 0.279 e. The normalized spacial score (nSPS) is 11.9. The first-order valence-corrected chi connectivity index (χ1v) is 11.3. The van der Waals surface area contributed by atoms with Crippen molar-refractivity contribution >= 4 is 27.5 Å². The van der Waals surface area contributed by atoms with E-state index in [-0.39, 0.29) is 5.91 Å². The lowest BCUT2D eigenvalue weighted by molar-refractivity contribution is 0.0996. The van der Waals surface area contributed by atoms with Gasteiger partial charge in [-0.25, -0.2) is 0 Å². The number of thiazole rings is 1. The average Bonchev–Trinajstić information content (AvgIpc) is 3.10. The van der Waals surface area contributed by atoms with Crippen molar-refractivity contribution < 1.29 is 9.53 Å². The maximum atomic E-state index is 13.0. The van der Waals surface area contributed by atoms with Crippen LogP contribution in [-0.2, 0) is 11.3 Å². The lowest BCUT2D eigenvalue weighted by atomic mass is 10.0. The fraction of sp³-hybridized carbons (Fsp3) is 0.231. The Bertz CT molecular complexity index is 1270. The third kappa shape index (κ3) is 4.68. The number of aryl methyl sites for hydroxylation is 2. The van der Waals surface area contributed by atoms with Gasteiger partial charge in [-0.05, 0) is 67.3 Å². The fourth-order valence-corrected chi connectivity index (χ4v) is 4.64. The number of carbonyl (C=O) groups excluding carboxylic acids is 1. The molecule has 0 aliphatic carbocycles. The van der Waals surface area contributed by atoms with Gasteiger partial charge in [0.1, 0.15) is 0 Å². The number of benzene rings is 3. The van der Waals surface area contributed by atoms with Crippen LogP contribution in [0.15, 0.2) is 71.7 Å². The summed E-state index contributed by atoms with van der Waals surface area (Å²) >= 11 is 1.55. The van der Waals surface area contributed by atoms with E-state index in [9.17, 15) is 4.79 Å². The maximum absolute atomic E-state index is 13.0. The van der Waals surface area contributed by atoms with Crippen LogP contribution in [0.4, 0.5) is 0 Å². The van der Waals surface area contributed by atoms with Crippen LogP contribution in [0.1, 0.15) is 28.4 Å². The van der Waals surface area contributed by atoms with Gasteiger partial charge in [0.15, 0.2) is 4.80 Å². The van der Waals surface area contributed by atoms with E-state index in [1.54, 1.807) is 11.3 Å². The molecule has 4 rings (SSSR count). The largest absolute Gasteiger partial charge is 0.380 e. The Morgan fingerprint density at radius 3 is 2.35 bits per heavy atom. The number of fused-ring (bicyclic) bond motifs is 1. The van der Waals surface area contributed by atoms with Crippen molar-refractivity contribution in [1.29, 1.82) is 0 Å². The average molecular weight is 431 g/mol. The minimum absolute atomic E-state index is 0.232. The van der Waals surface area contributed by atoms with Crippen LogP contribution >= 0.6 is 11.3 Å². The van der Waals surface area contributed by atoms with Crippen LogP contribution in [0.2, 0.25) is 0 Å². The molecular formula is C26H26N2O2S. The van der Waals surface area contributed by atoms with Gasteiger partial charge in [0.05, 0.1) is 16.8 Å². The Kier molecular flexibility index (Phi) is 6.44. The van der Waals surface area contributed by atoms with Crippen LogP contribution in [0.25, 0.3) is 21.3 Å². The Hall–Kier alpha value is -3.02. The molecule has 0 N–H and O–H groups in total. The lowest BCUT2D eigenvalue weighted by Gasteiger charge is -2.07. The van der Waals surface area contributed by atoms with Gasteiger partial charge in [-0.15, -0.1) is 0 Å². The second kappa shape index (κ2) is 9.41. The number of aromatic nitrogens is 1. The summed E-state index contributed by atoms with van der Waals surface area (Å²) in [6.45, 7) is 8.11. The lowest BCUT2D eigenvalue weighted by Crippen LogP contribution is -2.19. The predicted octanol–water partition coefficient (Wildman–Crippen LogP) is 5.76. The molecular weight excluding hydrogens is 404 g/mol. The van der Waals surface area contributed by atoms with E-state index in [0.29, 0.717) is 30.1 Å². The highest BCUT2D eigenvalue weighted by Gasteiger charge is 2.11. The van der Waals surface area contributed by atoms with Crippen molar-refractivity contribution in [3.05, 3.63) is 88.2 Å². The Morgan fingerprint density at radius 1 is 0.968 bits per heavy atom. The number of carbonyl (C=O) groups is 1. The molecule has 0 spiro atoms. The molecule has 0 saturated carbocycles. The smallest absolute Gasteiger partial charge is 0.279 e. The molecule has 5 heteroatoms. The SMILES string of the molecule is CCOCCn1c(=NC(=O)c2ccc(-c3ccccc3)cc2)sc2cc(C)c(C)cc21. The van der Waals surface area contributed by atoms with Crippen LogP contribution in [-0.4, -0.2) is 23.7 Å². The molecule has 1 heterocycles. The van der Waals surface area contributed by atoms with E-state index < -0.39 is 0 Å². The molecule has 3 aromatic carbocycles. The first-order chi connectivity index (χ1) is 15.1. The van der Waals surface area contributed by atoms with Gasteiger partial charge >= 0.3 is 0 Å². The molecule has 4 nitrogen and oxygen atoms in total. The Morgan fingerprint density at radius 2 is 1.65 bits per heavy atom. The van der Waals surface area contributed by atoms with Crippen LogP contribution in [0.5, 0.6) is 0 Å². The summed E-state index contributed by atoms with van der Waals surface area (Å²) in [6.07, 6.45) is 0. The van der Waals surface area contributed by atoms with Crippen LogP contribution < -0.4 is 4.80 Å². The summed E-state index contributed by atoms with van der Waals surface area (Å²) in [6, 6.07) is 22.1. The summed E-state index contributed by atoms with van der Waals surface area (Å²) in [5.74, 6) is -0.232. The monoisotopic (exact) mass is 430 g/mol. The summed E-state index contributed by atoms with van der Waals surface area (Å²) in [7, 11) is 0. The quantitative estimate of drug-likeness (QED) is 0.365. The van der Waals surface area contributed by atoms with Crippen LogP contribution in [0.3, 0.4) is 0 Å². The van der Waals surface area contributed by atoms with Gasteiger partial charge in [-0.2, -0.15) is 4.99 Å². The van der Waals surface area contributed by atoms with Crippen molar-refractivity contribution in [2.75, 3.05) is 13.2 Å². The molecule has 0 radical (unpaired) electrons. The topological polar surface area (TPSA) is 43.6 Å². The summed E-state index contributed by atoms with van der Waals surface area (Å²) in [4.78, 5) is 18.1. The van der Waals surface area contributed by atoms with Gasteiger partial charge in [-0.1, -0.05) is 53.8 Å². The van der Waals surface area contributed by atoms with E-state index >= 15 is 0 Å². The van der Waals surface area contributed by atoms with Crippen molar-refractivity contribution in [2.24, 2.45) is 4.99 Å². The number of hydrogen-bond acceptors (Lipinski definition) is 3. The van der Waals surface area contributed by atoms with E-state index in [2.05, 4.69) is 47.7 Å². The van der Waals surface area contributed by atoms with E-state index in [0.717, 1.165) is 21.3 Å². The highest BCUT2D eigenvalue weighted by Crippen LogP contribution is 2.23. The number of hydrogen-bond donors (Lipinski definition) is 0. The second-order valence-corrected chi connectivity index (χ2v) is 8.51. The molecule has 1 amide bonds. The fourth-order valence-electron chi connectivity index (χ4n) is 3.51. The number of ether oxygens (including phenoxy) is 1. The molecule has 158 valence electrons. The van der Waals surface area contributed by atoms with Gasteiger partial charge in [0.2, 0.25) is 0 Å². The zero-order valence-corrected chi connectivity index (χ0v) is 18.9.